The van der Waals surface area contributed by atoms with Crippen molar-refractivity contribution in [2.75, 3.05) is 5.33 Å². The summed E-state index contributed by atoms with van der Waals surface area (Å²) >= 11 is 3.31. The minimum absolute atomic E-state index is 0.0828. The minimum atomic E-state index is -0.807. The van der Waals surface area contributed by atoms with E-state index in [1.54, 1.807) is 13.8 Å². The molecule has 0 aliphatic rings. The molecule has 2 N–H and O–H groups in total. The Hall–Kier alpha value is -0.870. The molecule has 1 unspecified atom stereocenters. The molecule has 0 fully saturated rings. The largest absolute Gasteiger partial charge is 0.411 e. The molecule has 0 aromatic heterocycles. The van der Waals surface area contributed by atoms with Gasteiger partial charge in [-0.1, -0.05) is 51.4 Å². The topological polar surface area (TPSA) is 52.8 Å². The van der Waals surface area contributed by atoms with Crippen LogP contribution in [0.5, 0.6) is 0 Å². The van der Waals surface area contributed by atoms with Gasteiger partial charge in [-0.05, 0) is 25.8 Å². The molecule has 1 atom stereocenters. The number of alkyl halides is 1. The number of benzene rings is 1. The first-order valence-electron chi connectivity index (χ1n) is 5.52. The molecule has 4 heteroatoms. The van der Waals surface area contributed by atoms with Gasteiger partial charge in [-0.15, -0.1) is 0 Å². The first kappa shape index (κ1) is 14.2. The Morgan fingerprint density at radius 3 is 2.35 bits per heavy atom. The second-order valence-corrected chi connectivity index (χ2v) is 5.27. The molecular formula is C13H18BrNO2. The molecule has 1 aromatic carbocycles. The predicted octanol–water partition coefficient (Wildman–Crippen LogP) is 3.16. The Bertz CT molecular complexity index is 371. The Morgan fingerprint density at radius 2 is 1.94 bits per heavy atom. The van der Waals surface area contributed by atoms with E-state index < -0.39 is 5.60 Å². The van der Waals surface area contributed by atoms with E-state index in [4.69, 9.17) is 5.21 Å². The van der Waals surface area contributed by atoms with Gasteiger partial charge in [0.25, 0.3) is 0 Å². The van der Waals surface area contributed by atoms with E-state index in [1.165, 1.54) is 0 Å². The van der Waals surface area contributed by atoms with Gasteiger partial charge < -0.3 is 10.3 Å². The van der Waals surface area contributed by atoms with E-state index in [2.05, 4.69) is 21.1 Å². The normalized spacial score (nSPS) is 14.7. The summed E-state index contributed by atoms with van der Waals surface area (Å²) in [5.74, 6) is -0.0828. The quantitative estimate of drug-likeness (QED) is 0.380. The van der Waals surface area contributed by atoms with E-state index in [0.717, 1.165) is 5.56 Å². The van der Waals surface area contributed by atoms with Crippen LogP contribution in [0.3, 0.4) is 0 Å². The molecule has 1 aromatic rings. The summed E-state index contributed by atoms with van der Waals surface area (Å²) in [6.07, 6.45) is 0.516. The van der Waals surface area contributed by atoms with Gasteiger partial charge in [-0.3, -0.25) is 0 Å². The Kier molecular flexibility index (Phi) is 5.15. The zero-order chi connectivity index (χ0) is 12.9. The van der Waals surface area contributed by atoms with Crippen molar-refractivity contribution in [3.05, 3.63) is 35.9 Å². The third-order valence-electron chi connectivity index (χ3n) is 2.57. The zero-order valence-electron chi connectivity index (χ0n) is 10.1. The van der Waals surface area contributed by atoms with Crippen LogP contribution >= 0.6 is 15.9 Å². The van der Waals surface area contributed by atoms with Crippen LogP contribution in [0.2, 0.25) is 0 Å². The summed E-state index contributed by atoms with van der Waals surface area (Å²) in [7, 11) is 0. The number of aliphatic hydroxyl groups is 1. The molecule has 1 rings (SSSR count). The Labute approximate surface area is 110 Å². The fraction of sp³-hybridized carbons (Fsp3) is 0.462. The highest BCUT2D eigenvalue weighted by atomic mass is 79.9. The Morgan fingerprint density at radius 1 is 1.35 bits per heavy atom. The molecule has 0 spiro atoms. The summed E-state index contributed by atoms with van der Waals surface area (Å²) in [5, 5.41) is 22.8. The van der Waals surface area contributed by atoms with Gasteiger partial charge in [-0.25, -0.2) is 0 Å². The minimum Gasteiger partial charge on any atom is -0.411 e. The molecule has 94 valence electrons. The van der Waals surface area contributed by atoms with Gasteiger partial charge in [0.15, 0.2) is 0 Å². The molecule has 0 amide bonds. The average Bonchev–Trinajstić information content (AvgIpc) is 2.29. The van der Waals surface area contributed by atoms with Crippen LogP contribution in [0.4, 0.5) is 0 Å². The van der Waals surface area contributed by atoms with Gasteiger partial charge in [0, 0.05) is 11.2 Å². The van der Waals surface area contributed by atoms with Crippen LogP contribution in [0.25, 0.3) is 0 Å². The van der Waals surface area contributed by atoms with Gasteiger partial charge in [0.2, 0.25) is 0 Å². The number of hydrogen-bond acceptors (Lipinski definition) is 3. The van der Waals surface area contributed by atoms with Gasteiger partial charge in [-0.2, -0.15) is 0 Å². The van der Waals surface area contributed by atoms with Crippen LogP contribution in [0.15, 0.2) is 35.5 Å². The number of hydrogen-bond donors (Lipinski definition) is 2. The standard InChI is InChI=1S/C13H18BrNO2/c1-13(2,16)8-11(12(9-14)15-17)10-6-4-3-5-7-10/h3-7,11,16-17H,8-9H2,1-2H3/b15-12-. The van der Waals surface area contributed by atoms with Crippen molar-refractivity contribution in [3.63, 3.8) is 0 Å². The highest BCUT2D eigenvalue weighted by Gasteiger charge is 2.25. The molecule has 0 saturated heterocycles. The molecule has 3 nitrogen and oxygen atoms in total. The molecule has 0 bridgehead atoms. The summed E-state index contributed by atoms with van der Waals surface area (Å²) in [4.78, 5) is 0. The van der Waals surface area contributed by atoms with Gasteiger partial charge in [0.05, 0.1) is 11.3 Å². The maximum absolute atomic E-state index is 9.94. The highest BCUT2D eigenvalue weighted by molar-refractivity contribution is 9.09. The van der Waals surface area contributed by atoms with E-state index in [-0.39, 0.29) is 5.92 Å². The van der Waals surface area contributed by atoms with E-state index in [9.17, 15) is 5.11 Å². The van der Waals surface area contributed by atoms with Gasteiger partial charge >= 0.3 is 0 Å². The van der Waals surface area contributed by atoms with Crippen LogP contribution < -0.4 is 0 Å². The van der Waals surface area contributed by atoms with Crippen LogP contribution in [0.1, 0.15) is 31.7 Å². The summed E-state index contributed by atoms with van der Waals surface area (Å²) in [5.41, 5.74) is 0.860. The molecule has 0 heterocycles. The first-order chi connectivity index (χ1) is 7.98. The Balaban J connectivity index is 3.03. The number of rotatable bonds is 5. The molecule has 0 aliphatic heterocycles. The molecular weight excluding hydrogens is 282 g/mol. The molecule has 0 radical (unpaired) electrons. The molecule has 0 aliphatic carbocycles. The third-order valence-corrected chi connectivity index (χ3v) is 3.15. The van der Waals surface area contributed by atoms with Crippen molar-refractivity contribution in [1.82, 2.24) is 0 Å². The lowest BCUT2D eigenvalue weighted by atomic mass is 9.85. The summed E-state index contributed by atoms with van der Waals surface area (Å²) < 4.78 is 0. The zero-order valence-corrected chi connectivity index (χ0v) is 11.7. The SMILES string of the molecule is CC(C)(O)CC(/C(CBr)=N\O)c1ccccc1. The highest BCUT2D eigenvalue weighted by Crippen LogP contribution is 2.28. The lowest BCUT2D eigenvalue weighted by Crippen LogP contribution is -2.27. The van der Waals surface area contributed by atoms with Crippen LogP contribution in [-0.2, 0) is 0 Å². The van der Waals surface area contributed by atoms with Crippen LogP contribution in [-0.4, -0.2) is 27.0 Å². The van der Waals surface area contributed by atoms with E-state index >= 15 is 0 Å². The number of oxime groups is 1. The van der Waals surface area contributed by atoms with Crippen LogP contribution in [0, 0.1) is 0 Å². The third kappa shape index (κ3) is 4.48. The fourth-order valence-corrected chi connectivity index (χ4v) is 2.31. The van der Waals surface area contributed by atoms with E-state index in [0.29, 0.717) is 17.5 Å². The maximum Gasteiger partial charge on any atom is 0.0751 e. The number of halogens is 1. The molecule has 17 heavy (non-hydrogen) atoms. The van der Waals surface area contributed by atoms with Crippen molar-refractivity contribution >= 4 is 21.6 Å². The fourth-order valence-electron chi connectivity index (χ4n) is 1.80. The second kappa shape index (κ2) is 6.17. The van der Waals surface area contributed by atoms with Crippen molar-refractivity contribution < 1.29 is 10.3 Å². The number of nitrogens with zero attached hydrogens (tertiary/aromatic N) is 1. The average molecular weight is 300 g/mol. The first-order valence-corrected chi connectivity index (χ1v) is 6.64. The summed E-state index contributed by atoms with van der Waals surface area (Å²) in [6, 6.07) is 9.77. The lowest BCUT2D eigenvalue weighted by molar-refractivity contribution is 0.0685. The van der Waals surface area contributed by atoms with Crippen molar-refractivity contribution in [2.45, 2.75) is 31.8 Å². The van der Waals surface area contributed by atoms with Crippen molar-refractivity contribution in [3.8, 4) is 0 Å². The monoisotopic (exact) mass is 299 g/mol. The summed E-state index contributed by atoms with van der Waals surface area (Å²) in [6.45, 7) is 3.51. The maximum atomic E-state index is 9.94. The van der Waals surface area contributed by atoms with E-state index in [1.807, 2.05) is 30.3 Å². The van der Waals surface area contributed by atoms with Gasteiger partial charge in [0.1, 0.15) is 0 Å². The smallest absolute Gasteiger partial charge is 0.0751 e. The van der Waals surface area contributed by atoms with Crippen molar-refractivity contribution in [2.24, 2.45) is 5.16 Å². The predicted molar refractivity (Wildman–Crippen MR) is 73.1 cm³/mol. The lowest BCUT2D eigenvalue weighted by Gasteiger charge is -2.25. The van der Waals surface area contributed by atoms with Crippen molar-refractivity contribution in [1.29, 1.82) is 0 Å². The molecule has 0 saturated carbocycles. The second-order valence-electron chi connectivity index (χ2n) is 4.70.